The van der Waals surface area contributed by atoms with E-state index >= 15 is 0 Å². The molecule has 0 spiro atoms. The second kappa shape index (κ2) is 9.46. The largest absolute Gasteiger partial charge is 0.395 e. The van der Waals surface area contributed by atoms with Crippen molar-refractivity contribution in [2.45, 2.75) is 57.1 Å². The first kappa shape index (κ1) is 22.1. The molecule has 0 radical (unpaired) electrons. The van der Waals surface area contributed by atoms with E-state index < -0.39 is 42.9 Å². The molecule has 2 heterocycles. The maximum atomic E-state index is 12.5. The van der Waals surface area contributed by atoms with Crippen molar-refractivity contribution in [3.63, 3.8) is 0 Å². The van der Waals surface area contributed by atoms with E-state index in [0.29, 0.717) is 25.9 Å². The SMILES string of the molecule is CCNC(=O)[C@@H]1[C@@H](O)[C@@H](O)[C@H](O)[C@@H](CO)N1CCCc1nc2cc(C)ccc2s1. The molecule has 0 bridgehead atoms. The number of rotatable bonds is 7. The monoisotopic (exact) mass is 423 g/mol. The number of hydrogen-bond donors (Lipinski definition) is 5. The van der Waals surface area contributed by atoms with Gasteiger partial charge in [0.15, 0.2) is 0 Å². The second-order valence-corrected chi connectivity index (χ2v) is 8.60. The van der Waals surface area contributed by atoms with E-state index in [1.807, 2.05) is 13.0 Å². The maximum Gasteiger partial charge on any atom is 0.240 e. The lowest BCUT2D eigenvalue weighted by molar-refractivity contribution is -0.178. The van der Waals surface area contributed by atoms with Crippen LogP contribution in [0.3, 0.4) is 0 Å². The van der Waals surface area contributed by atoms with E-state index in [1.54, 1.807) is 23.2 Å². The van der Waals surface area contributed by atoms with Gasteiger partial charge < -0.3 is 25.7 Å². The fraction of sp³-hybridized carbons (Fsp3) is 0.600. The number of carbonyl (C=O) groups is 1. The van der Waals surface area contributed by atoms with Gasteiger partial charge in [-0.3, -0.25) is 9.69 Å². The van der Waals surface area contributed by atoms with Crippen LogP contribution >= 0.6 is 11.3 Å². The third-order valence-electron chi connectivity index (χ3n) is 5.40. The van der Waals surface area contributed by atoms with Gasteiger partial charge in [-0.1, -0.05) is 6.07 Å². The molecule has 5 atom stereocenters. The molecular weight excluding hydrogens is 394 g/mol. The third-order valence-corrected chi connectivity index (χ3v) is 6.50. The van der Waals surface area contributed by atoms with Crippen molar-refractivity contribution in [3.8, 4) is 0 Å². The Hall–Kier alpha value is -1.62. The van der Waals surface area contributed by atoms with Crippen LogP contribution in [-0.4, -0.2) is 86.3 Å². The van der Waals surface area contributed by atoms with Crippen molar-refractivity contribution in [3.05, 3.63) is 28.8 Å². The number of aliphatic hydroxyl groups excluding tert-OH is 4. The third kappa shape index (κ3) is 4.60. The van der Waals surface area contributed by atoms with Gasteiger partial charge in [0.2, 0.25) is 5.91 Å². The van der Waals surface area contributed by atoms with E-state index in [1.165, 1.54) is 0 Å². The van der Waals surface area contributed by atoms with Gasteiger partial charge in [-0.25, -0.2) is 4.98 Å². The van der Waals surface area contributed by atoms with Crippen LogP contribution in [-0.2, 0) is 11.2 Å². The summed E-state index contributed by atoms with van der Waals surface area (Å²) in [5.74, 6) is -0.431. The highest BCUT2D eigenvalue weighted by Crippen LogP contribution is 2.27. The lowest BCUT2D eigenvalue weighted by atomic mass is 9.87. The molecule has 1 amide bonds. The summed E-state index contributed by atoms with van der Waals surface area (Å²) in [4.78, 5) is 18.8. The zero-order chi connectivity index (χ0) is 21.1. The number of aliphatic hydroxyl groups is 4. The van der Waals surface area contributed by atoms with Crippen molar-refractivity contribution in [2.75, 3.05) is 19.7 Å². The molecule has 1 aromatic heterocycles. The Morgan fingerprint density at radius 1 is 1.24 bits per heavy atom. The first-order chi connectivity index (χ1) is 13.9. The van der Waals surface area contributed by atoms with Crippen LogP contribution in [0.25, 0.3) is 10.2 Å². The molecule has 0 saturated carbocycles. The molecule has 2 aromatic rings. The lowest BCUT2D eigenvalue weighted by Gasteiger charge is -2.47. The highest BCUT2D eigenvalue weighted by atomic mass is 32.1. The molecular formula is C20H29N3O5S. The number of aryl methyl sites for hydroxylation is 2. The Kier molecular flexibility index (Phi) is 7.20. The quantitative estimate of drug-likeness (QED) is 0.418. The Balaban J connectivity index is 1.74. The van der Waals surface area contributed by atoms with E-state index in [-0.39, 0.29) is 0 Å². The van der Waals surface area contributed by atoms with Crippen LogP contribution < -0.4 is 5.32 Å². The number of aromatic nitrogens is 1. The average Bonchev–Trinajstić information content (AvgIpc) is 3.08. The number of piperidine rings is 1. The highest BCUT2D eigenvalue weighted by Gasteiger charge is 2.49. The van der Waals surface area contributed by atoms with Crippen molar-refractivity contribution in [2.24, 2.45) is 0 Å². The number of nitrogens with zero attached hydrogens (tertiary/aromatic N) is 2. The van der Waals surface area contributed by atoms with Crippen LogP contribution in [0.4, 0.5) is 0 Å². The van der Waals surface area contributed by atoms with Gasteiger partial charge in [-0.05, 0) is 44.5 Å². The summed E-state index contributed by atoms with van der Waals surface area (Å²) in [6.45, 7) is 4.10. The van der Waals surface area contributed by atoms with Gasteiger partial charge in [0.1, 0.15) is 24.4 Å². The summed E-state index contributed by atoms with van der Waals surface area (Å²) in [6.07, 6.45) is -2.98. The molecule has 29 heavy (non-hydrogen) atoms. The number of thiazole rings is 1. The molecule has 8 nitrogen and oxygen atoms in total. The van der Waals surface area contributed by atoms with E-state index in [0.717, 1.165) is 20.8 Å². The minimum Gasteiger partial charge on any atom is -0.395 e. The zero-order valence-corrected chi connectivity index (χ0v) is 17.5. The standard InChI is InChI=1S/C20H29N3O5S/c1-3-21-20(28)16-18(26)19(27)17(25)13(10-24)23(16)8-4-5-15-22-12-9-11(2)6-7-14(12)29-15/h6-7,9,13,16-19,24-27H,3-5,8,10H2,1-2H3,(H,21,28)/t13-,16+,17-,18-,19+/m1/s1. The fourth-order valence-electron chi connectivity index (χ4n) is 3.92. The van der Waals surface area contributed by atoms with E-state index in [4.69, 9.17) is 0 Å². The molecule has 1 aromatic carbocycles. The Bertz CT molecular complexity index is 845. The molecule has 0 unspecified atom stereocenters. The average molecular weight is 424 g/mol. The minimum atomic E-state index is -1.50. The van der Waals surface area contributed by atoms with E-state index in [9.17, 15) is 25.2 Å². The summed E-state index contributed by atoms with van der Waals surface area (Å²) < 4.78 is 1.12. The first-order valence-electron chi connectivity index (χ1n) is 9.92. The summed E-state index contributed by atoms with van der Waals surface area (Å²) in [7, 11) is 0. The number of likely N-dealkylation sites (N-methyl/N-ethyl adjacent to an activating group) is 1. The van der Waals surface area contributed by atoms with Gasteiger partial charge in [-0.15, -0.1) is 11.3 Å². The number of amides is 1. The molecule has 0 aliphatic carbocycles. The van der Waals surface area contributed by atoms with Gasteiger partial charge >= 0.3 is 0 Å². The molecule has 9 heteroatoms. The van der Waals surface area contributed by atoms with Crippen LogP contribution in [0.15, 0.2) is 18.2 Å². The van der Waals surface area contributed by atoms with Crippen LogP contribution in [0, 0.1) is 6.92 Å². The number of benzene rings is 1. The van der Waals surface area contributed by atoms with Gasteiger partial charge in [0, 0.05) is 13.0 Å². The maximum absolute atomic E-state index is 12.5. The predicted octanol–water partition coefficient (Wildman–Crippen LogP) is -0.199. The Labute approximate surface area is 173 Å². The van der Waals surface area contributed by atoms with Gasteiger partial charge in [0.25, 0.3) is 0 Å². The number of fused-ring (bicyclic) bond motifs is 1. The predicted molar refractivity (Wildman–Crippen MR) is 111 cm³/mol. The number of hydrogen-bond acceptors (Lipinski definition) is 8. The van der Waals surface area contributed by atoms with Crippen molar-refractivity contribution in [1.82, 2.24) is 15.2 Å². The summed E-state index contributed by atoms with van der Waals surface area (Å²) in [5, 5.41) is 44.2. The zero-order valence-electron chi connectivity index (χ0n) is 16.7. The normalized spacial score (nSPS) is 28.0. The fourth-order valence-corrected chi connectivity index (χ4v) is 4.91. The number of carbonyl (C=O) groups excluding carboxylic acids is 1. The van der Waals surface area contributed by atoms with Crippen molar-refractivity contribution < 1.29 is 25.2 Å². The topological polar surface area (TPSA) is 126 Å². The number of nitrogens with one attached hydrogen (secondary N) is 1. The second-order valence-electron chi connectivity index (χ2n) is 7.48. The summed E-state index contributed by atoms with van der Waals surface area (Å²) >= 11 is 1.62. The number of likely N-dealkylation sites (tertiary alicyclic amines) is 1. The van der Waals surface area contributed by atoms with E-state index in [2.05, 4.69) is 22.4 Å². The minimum absolute atomic E-state index is 0.364. The lowest BCUT2D eigenvalue weighted by Crippen LogP contribution is -2.70. The highest BCUT2D eigenvalue weighted by molar-refractivity contribution is 7.18. The first-order valence-corrected chi connectivity index (χ1v) is 10.7. The molecule has 1 aliphatic heterocycles. The smallest absolute Gasteiger partial charge is 0.240 e. The molecule has 1 aliphatic rings. The molecule has 1 saturated heterocycles. The Morgan fingerprint density at radius 2 is 2.00 bits per heavy atom. The Morgan fingerprint density at radius 3 is 2.69 bits per heavy atom. The van der Waals surface area contributed by atoms with Crippen LogP contribution in [0.1, 0.15) is 23.9 Å². The van der Waals surface area contributed by atoms with Crippen molar-refractivity contribution >= 4 is 27.5 Å². The molecule has 3 rings (SSSR count). The van der Waals surface area contributed by atoms with Gasteiger partial charge in [-0.2, -0.15) is 0 Å². The van der Waals surface area contributed by atoms with Gasteiger partial charge in [0.05, 0.1) is 27.9 Å². The summed E-state index contributed by atoms with van der Waals surface area (Å²) in [5.41, 5.74) is 2.12. The van der Waals surface area contributed by atoms with Crippen LogP contribution in [0.5, 0.6) is 0 Å². The molecule has 5 N–H and O–H groups in total. The molecule has 1 fully saturated rings. The molecule has 160 valence electrons. The summed E-state index contributed by atoms with van der Waals surface area (Å²) in [6, 6.07) is 4.27. The van der Waals surface area contributed by atoms with Crippen molar-refractivity contribution in [1.29, 1.82) is 0 Å². The van der Waals surface area contributed by atoms with Crippen LogP contribution in [0.2, 0.25) is 0 Å².